The zero-order valence-corrected chi connectivity index (χ0v) is 19.2. The van der Waals surface area contributed by atoms with E-state index in [0.717, 1.165) is 16.7 Å². The maximum atomic E-state index is 13.0. The molecule has 1 fully saturated rings. The van der Waals surface area contributed by atoms with Crippen LogP contribution >= 0.6 is 0 Å². The van der Waals surface area contributed by atoms with Gasteiger partial charge in [0.05, 0.1) is 18.2 Å². The van der Waals surface area contributed by atoms with Crippen LogP contribution in [0.1, 0.15) is 28.3 Å². The quantitative estimate of drug-likeness (QED) is 0.303. The zero-order valence-electron chi connectivity index (χ0n) is 19.2. The Morgan fingerprint density at radius 3 is 2.29 bits per heavy atom. The van der Waals surface area contributed by atoms with Gasteiger partial charge in [0, 0.05) is 19.2 Å². The minimum absolute atomic E-state index is 0.0703. The maximum Gasteiger partial charge on any atom is 0.295 e. The molecule has 3 aromatic carbocycles. The summed E-state index contributed by atoms with van der Waals surface area (Å²) in [7, 11) is 1.54. The van der Waals surface area contributed by atoms with Gasteiger partial charge in [-0.3, -0.25) is 9.59 Å². The molecule has 34 heavy (non-hydrogen) atoms. The molecule has 0 radical (unpaired) electrons. The Hall–Kier alpha value is -3.90. The SMILES string of the molecule is COCCN1C(=O)C(=O)C(=C(O)c2ccc(OCc3ccccc3C)cc2)C1c1ccccc1. The number of aliphatic hydroxyl groups excluding tert-OH is 1. The number of amides is 1. The molecule has 0 saturated carbocycles. The van der Waals surface area contributed by atoms with Crippen molar-refractivity contribution in [2.45, 2.75) is 19.6 Å². The van der Waals surface area contributed by atoms with Gasteiger partial charge >= 0.3 is 0 Å². The number of carbonyl (C=O) groups is 2. The number of aliphatic hydroxyl groups is 1. The normalized spacial score (nSPS) is 17.2. The summed E-state index contributed by atoms with van der Waals surface area (Å²) in [6, 6.07) is 23.4. The second-order valence-corrected chi connectivity index (χ2v) is 8.14. The largest absolute Gasteiger partial charge is 0.507 e. The third kappa shape index (κ3) is 4.72. The number of rotatable bonds is 8. The number of methoxy groups -OCH3 is 1. The lowest BCUT2D eigenvalue weighted by Gasteiger charge is -2.25. The first-order chi connectivity index (χ1) is 16.5. The van der Waals surface area contributed by atoms with E-state index in [9.17, 15) is 14.7 Å². The number of nitrogens with zero attached hydrogens (tertiary/aromatic N) is 1. The van der Waals surface area contributed by atoms with Gasteiger partial charge in [0.15, 0.2) is 0 Å². The molecule has 0 spiro atoms. The van der Waals surface area contributed by atoms with Crippen LogP contribution in [0.25, 0.3) is 5.76 Å². The Kier molecular flexibility index (Phi) is 7.09. The van der Waals surface area contributed by atoms with Gasteiger partial charge in [-0.05, 0) is 47.9 Å². The van der Waals surface area contributed by atoms with Gasteiger partial charge < -0.3 is 19.5 Å². The first-order valence-corrected chi connectivity index (χ1v) is 11.1. The molecular weight excluding hydrogens is 430 g/mol. The number of Topliss-reactive ketones (excluding diaryl/α,β-unsaturated/α-hetero) is 1. The number of aryl methyl sites for hydroxylation is 1. The van der Waals surface area contributed by atoms with Crippen LogP contribution in [0.15, 0.2) is 84.4 Å². The van der Waals surface area contributed by atoms with Gasteiger partial charge in [0.2, 0.25) is 0 Å². The summed E-state index contributed by atoms with van der Waals surface area (Å²) in [5.41, 5.74) is 3.50. The van der Waals surface area contributed by atoms with Crippen LogP contribution in [0.4, 0.5) is 0 Å². The van der Waals surface area contributed by atoms with Gasteiger partial charge in [-0.25, -0.2) is 0 Å². The lowest BCUT2D eigenvalue weighted by Crippen LogP contribution is -2.32. The Balaban J connectivity index is 1.63. The number of ketones is 1. The summed E-state index contributed by atoms with van der Waals surface area (Å²) in [5.74, 6) is -0.925. The summed E-state index contributed by atoms with van der Waals surface area (Å²) in [5, 5.41) is 11.1. The highest BCUT2D eigenvalue weighted by Gasteiger charge is 2.45. The van der Waals surface area contributed by atoms with E-state index in [1.54, 1.807) is 24.3 Å². The number of likely N-dealkylation sites (tertiary alicyclic amines) is 1. The van der Waals surface area contributed by atoms with Gasteiger partial charge in [0.1, 0.15) is 18.1 Å². The molecule has 1 amide bonds. The molecule has 0 aliphatic carbocycles. The van der Waals surface area contributed by atoms with Crippen LogP contribution in [0.5, 0.6) is 5.75 Å². The van der Waals surface area contributed by atoms with Crippen molar-refractivity contribution in [3.05, 3.63) is 107 Å². The predicted octanol–water partition coefficient (Wildman–Crippen LogP) is 4.64. The lowest BCUT2D eigenvalue weighted by molar-refractivity contribution is -0.140. The van der Waals surface area contributed by atoms with Crippen LogP contribution in [-0.2, 0) is 20.9 Å². The van der Waals surface area contributed by atoms with Crippen molar-refractivity contribution < 1.29 is 24.2 Å². The summed E-state index contributed by atoms with van der Waals surface area (Å²) in [6.07, 6.45) is 0. The summed E-state index contributed by atoms with van der Waals surface area (Å²) in [4.78, 5) is 27.2. The highest BCUT2D eigenvalue weighted by molar-refractivity contribution is 6.46. The van der Waals surface area contributed by atoms with E-state index in [4.69, 9.17) is 9.47 Å². The van der Waals surface area contributed by atoms with Crippen molar-refractivity contribution in [3.63, 3.8) is 0 Å². The second-order valence-electron chi connectivity index (χ2n) is 8.14. The fourth-order valence-electron chi connectivity index (χ4n) is 4.08. The van der Waals surface area contributed by atoms with E-state index in [-0.39, 0.29) is 24.5 Å². The molecule has 3 aromatic rings. The molecule has 1 aliphatic heterocycles. The van der Waals surface area contributed by atoms with Gasteiger partial charge in [-0.15, -0.1) is 0 Å². The Morgan fingerprint density at radius 1 is 0.941 bits per heavy atom. The van der Waals surface area contributed by atoms with Crippen LogP contribution in [0.3, 0.4) is 0 Å². The van der Waals surface area contributed by atoms with Crippen LogP contribution in [0, 0.1) is 6.92 Å². The van der Waals surface area contributed by atoms with Crippen molar-refractivity contribution in [2.75, 3.05) is 20.3 Å². The van der Waals surface area contributed by atoms with Crippen LogP contribution < -0.4 is 4.74 Å². The molecule has 0 bridgehead atoms. The van der Waals surface area contributed by atoms with E-state index in [0.29, 0.717) is 17.9 Å². The monoisotopic (exact) mass is 457 g/mol. The molecule has 6 heteroatoms. The van der Waals surface area contributed by atoms with E-state index >= 15 is 0 Å². The first-order valence-electron chi connectivity index (χ1n) is 11.1. The van der Waals surface area contributed by atoms with Crippen molar-refractivity contribution in [2.24, 2.45) is 0 Å². The van der Waals surface area contributed by atoms with Crippen molar-refractivity contribution in [1.29, 1.82) is 0 Å². The molecule has 1 heterocycles. The Bertz CT molecular complexity index is 1200. The van der Waals surface area contributed by atoms with Gasteiger partial charge in [0.25, 0.3) is 11.7 Å². The number of carbonyl (C=O) groups excluding carboxylic acids is 2. The summed E-state index contributed by atoms with van der Waals surface area (Å²) in [6.45, 7) is 2.98. The molecule has 1 unspecified atom stereocenters. The molecule has 1 aliphatic rings. The van der Waals surface area contributed by atoms with Gasteiger partial charge in [-0.2, -0.15) is 0 Å². The van der Waals surface area contributed by atoms with E-state index in [1.807, 2.05) is 61.5 Å². The molecular formula is C28H27NO5. The molecule has 4 rings (SSSR count). The topological polar surface area (TPSA) is 76.1 Å². The van der Waals surface area contributed by atoms with Crippen LogP contribution in [-0.4, -0.2) is 42.0 Å². The minimum atomic E-state index is -0.706. The molecule has 0 aromatic heterocycles. The minimum Gasteiger partial charge on any atom is -0.507 e. The van der Waals surface area contributed by atoms with Crippen molar-refractivity contribution in [3.8, 4) is 5.75 Å². The lowest BCUT2D eigenvalue weighted by atomic mass is 9.95. The zero-order chi connectivity index (χ0) is 24.1. The number of benzene rings is 3. The number of ether oxygens (including phenoxy) is 2. The predicted molar refractivity (Wildman–Crippen MR) is 129 cm³/mol. The Morgan fingerprint density at radius 2 is 1.62 bits per heavy atom. The molecule has 1 N–H and O–H groups in total. The van der Waals surface area contributed by atoms with E-state index in [1.165, 1.54) is 12.0 Å². The molecule has 1 atom stereocenters. The highest BCUT2D eigenvalue weighted by atomic mass is 16.5. The average Bonchev–Trinajstić information content (AvgIpc) is 3.12. The smallest absolute Gasteiger partial charge is 0.295 e. The molecule has 6 nitrogen and oxygen atoms in total. The highest BCUT2D eigenvalue weighted by Crippen LogP contribution is 2.39. The van der Waals surface area contributed by atoms with Crippen molar-refractivity contribution in [1.82, 2.24) is 4.90 Å². The Labute approximate surface area is 199 Å². The third-order valence-corrected chi connectivity index (χ3v) is 5.97. The van der Waals surface area contributed by atoms with Crippen LogP contribution in [0.2, 0.25) is 0 Å². The second kappa shape index (κ2) is 10.4. The molecule has 1 saturated heterocycles. The number of hydrogen-bond acceptors (Lipinski definition) is 5. The fourth-order valence-corrected chi connectivity index (χ4v) is 4.08. The average molecular weight is 458 g/mol. The third-order valence-electron chi connectivity index (χ3n) is 5.97. The van der Waals surface area contributed by atoms with Crippen molar-refractivity contribution >= 4 is 17.4 Å². The fraction of sp³-hybridized carbons (Fsp3) is 0.214. The number of hydrogen-bond donors (Lipinski definition) is 1. The summed E-state index contributed by atoms with van der Waals surface area (Å²) < 4.78 is 11.0. The molecule has 174 valence electrons. The van der Waals surface area contributed by atoms with E-state index in [2.05, 4.69) is 0 Å². The first kappa shape index (κ1) is 23.3. The summed E-state index contributed by atoms with van der Waals surface area (Å²) >= 11 is 0. The van der Waals surface area contributed by atoms with E-state index < -0.39 is 17.7 Å². The standard InChI is InChI=1S/C28H27NO5/c1-19-8-6-7-11-22(19)18-34-23-14-12-21(13-15-23)26(30)24-25(20-9-4-3-5-10-20)29(16-17-33-2)28(32)27(24)31/h3-15,25,30H,16-18H2,1-2H3. The van der Waals surface area contributed by atoms with Gasteiger partial charge in [-0.1, -0.05) is 54.6 Å². The maximum absolute atomic E-state index is 13.0.